The van der Waals surface area contributed by atoms with Crippen LogP contribution < -0.4 is 5.32 Å². The largest absolute Gasteiger partial charge is 0.359 e. The van der Waals surface area contributed by atoms with Gasteiger partial charge in [0.1, 0.15) is 0 Å². The molecule has 0 aromatic heterocycles. The second-order valence-electron chi connectivity index (χ2n) is 3.60. The van der Waals surface area contributed by atoms with E-state index in [9.17, 15) is 4.79 Å². The highest BCUT2D eigenvalue weighted by Crippen LogP contribution is 2.16. The summed E-state index contributed by atoms with van der Waals surface area (Å²) < 4.78 is 0. The number of hydrogen-bond acceptors (Lipinski definition) is 3. The topological polar surface area (TPSA) is 56.1 Å². The van der Waals surface area contributed by atoms with Crippen molar-refractivity contribution < 1.29 is 4.79 Å². The predicted molar refractivity (Wildman–Crippen MR) is 53.5 cm³/mol. The maximum absolute atomic E-state index is 10.9. The number of carbonyl (C=O) groups excluding carboxylic acids is 1. The smallest absolute Gasteiger partial charge is 0.219 e. The minimum Gasteiger partial charge on any atom is -0.359 e. The SMILES string of the molecule is CNC(=O)CCCN1CCCC1C#N. The Balaban J connectivity index is 2.18. The summed E-state index contributed by atoms with van der Waals surface area (Å²) in [6.07, 6.45) is 3.50. The molecule has 0 aromatic rings. The monoisotopic (exact) mass is 195 g/mol. The van der Waals surface area contributed by atoms with Crippen molar-refractivity contribution in [2.75, 3.05) is 20.1 Å². The summed E-state index contributed by atoms with van der Waals surface area (Å²) in [4.78, 5) is 13.1. The first-order chi connectivity index (χ1) is 6.77. The minimum atomic E-state index is 0.0812. The Morgan fingerprint density at radius 3 is 3.14 bits per heavy atom. The fourth-order valence-corrected chi connectivity index (χ4v) is 1.81. The van der Waals surface area contributed by atoms with Gasteiger partial charge >= 0.3 is 0 Å². The molecule has 0 radical (unpaired) electrons. The maximum atomic E-state index is 10.9. The van der Waals surface area contributed by atoms with E-state index in [-0.39, 0.29) is 11.9 Å². The van der Waals surface area contributed by atoms with Crippen molar-refractivity contribution >= 4 is 5.91 Å². The van der Waals surface area contributed by atoms with E-state index in [1.54, 1.807) is 7.05 Å². The van der Waals surface area contributed by atoms with Crippen LogP contribution in [0.3, 0.4) is 0 Å². The summed E-state index contributed by atoms with van der Waals surface area (Å²) in [7, 11) is 1.65. The molecule has 1 unspecified atom stereocenters. The maximum Gasteiger partial charge on any atom is 0.219 e. The van der Waals surface area contributed by atoms with Crippen LogP contribution in [0.15, 0.2) is 0 Å². The molecular weight excluding hydrogens is 178 g/mol. The average molecular weight is 195 g/mol. The molecule has 0 saturated carbocycles. The molecule has 1 fully saturated rings. The van der Waals surface area contributed by atoms with E-state index in [0.717, 1.165) is 32.4 Å². The third-order valence-electron chi connectivity index (χ3n) is 2.64. The van der Waals surface area contributed by atoms with Gasteiger partial charge in [0.25, 0.3) is 0 Å². The fourth-order valence-electron chi connectivity index (χ4n) is 1.81. The highest BCUT2D eigenvalue weighted by molar-refractivity contribution is 5.75. The zero-order chi connectivity index (χ0) is 10.4. The van der Waals surface area contributed by atoms with Crippen LogP contribution in [0.25, 0.3) is 0 Å². The van der Waals surface area contributed by atoms with E-state index in [2.05, 4.69) is 16.3 Å². The molecule has 1 aliphatic heterocycles. The second-order valence-corrected chi connectivity index (χ2v) is 3.60. The van der Waals surface area contributed by atoms with Crippen molar-refractivity contribution in [3.05, 3.63) is 0 Å². The van der Waals surface area contributed by atoms with Gasteiger partial charge in [0.15, 0.2) is 0 Å². The van der Waals surface area contributed by atoms with Crippen molar-refractivity contribution in [1.29, 1.82) is 5.26 Å². The lowest BCUT2D eigenvalue weighted by Gasteiger charge is -2.18. The van der Waals surface area contributed by atoms with Crippen molar-refractivity contribution in [2.24, 2.45) is 0 Å². The van der Waals surface area contributed by atoms with Crippen LogP contribution in [0.1, 0.15) is 25.7 Å². The van der Waals surface area contributed by atoms with Gasteiger partial charge in [-0.25, -0.2) is 0 Å². The fraction of sp³-hybridized carbons (Fsp3) is 0.800. The van der Waals surface area contributed by atoms with Crippen molar-refractivity contribution in [3.63, 3.8) is 0 Å². The molecule has 1 amide bonds. The normalized spacial score (nSPS) is 21.9. The Labute approximate surface area is 84.9 Å². The molecule has 14 heavy (non-hydrogen) atoms. The highest BCUT2D eigenvalue weighted by Gasteiger charge is 2.23. The second kappa shape index (κ2) is 5.61. The van der Waals surface area contributed by atoms with Crippen molar-refractivity contribution in [3.8, 4) is 6.07 Å². The van der Waals surface area contributed by atoms with Gasteiger partial charge in [-0.2, -0.15) is 5.26 Å². The van der Waals surface area contributed by atoms with Gasteiger partial charge in [-0.15, -0.1) is 0 Å². The van der Waals surface area contributed by atoms with Crippen LogP contribution in [0.2, 0.25) is 0 Å². The van der Waals surface area contributed by atoms with Gasteiger partial charge in [0, 0.05) is 13.5 Å². The number of carbonyl (C=O) groups is 1. The van der Waals surface area contributed by atoms with E-state index in [0.29, 0.717) is 6.42 Å². The van der Waals surface area contributed by atoms with Gasteiger partial charge in [0.2, 0.25) is 5.91 Å². The molecule has 1 heterocycles. The molecule has 4 heteroatoms. The number of nitriles is 1. The van der Waals surface area contributed by atoms with E-state index in [1.165, 1.54) is 0 Å². The van der Waals surface area contributed by atoms with E-state index >= 15 is 0 Å². The Hall–Kier alpha value is -1.08. The molecule has 1 atom stereocenters. The zero-order valence-electron chi connectivity index (χ0n) is 8.62. The first-order valence-corrected chi connectivity index (χ1v) is 5.12. The van der Waals surface area contributed by atoms with Gasteiger partial charge in [-0.1, -0.05) is 0 Å². The van der Waals surface area contributed by atoms with Crippen LogP contribution >= 0.6 is 0 Å². The summed E-state index contributed by atoms with van der Waals surface area (Å²) in [5.74, 6) is 0.0812. The van der Waals surface area contributed by atoms with E-state index < -0.39 is 0 Å². The lowest BCUT2D eigenvalue weighted by molar-refractivity contribution is -0.120. The summed E-state index contributed by atoms with van der Waals surface area (Å²) in [5, 5.41) is 11.4. The van der Waals surface area contributed by atoms with Crippen LogP contribution in [0, 0.1) is 11.3 Å². The van der Waals surface area contributed by atoms with Crippen LogP contribution in [-0.2, 0) is 4.79 Å². The lowest BCUT2D eigenvalue weighted by atomic mass is 10.2. The summed E-state index contributed by atoms with van der Waals surface area (Å²) in [5.41, 5.74) is 0. The molecule has 1 rings (SSSR count). The first-order valence-electron chi connectivity index (χ1n) is 5.12. The standard InChI is InChI=1S/C10H17N3O/c1-12-10(14)5-3-7-13-6-2-4-9(13)8-11/h9H,2-7H2,1H3,(H,12,14). The Bertz CT molecular complexity index is 234. The van der Waals surface area contributed by atoms with Crippen molar-refractivity contribution in [2.45, 2.75) is 31.7 Å². The average Bonchev–Trinajstić information content (AvgIpc) is 2.65. The Morgan fingerprint density at radius 2 is 2.50 bits per heavy atom. The molecule has 0 spiro atoms. The number of nitrogens with one attached hydrogen (secondary N) is 1. The molecule has 4 nitrogen and oxygen atoms in total. The molecule has 1 saturated heterocycles. The number of hydrogen-bond donors (Lipinski definition) is 1. The summed E-state index contributed by atoms with van der Waals surface area (Å²) in [6, 6.07) is 2.37. The number of amides is 1. The van der Waals surface area contributed by atoms with Gasteiger partial charge in [0.05, 0.1) is 12.1 Å². The van der Waals surface area contributed by atoms with Crippen LogP contribution in [0.4, 0.5) is 0 Å². The number of nitrogens with zero attached hydrogens (tertiary/aromatic N) is 2. The molecule has 1 N–H and O–H groups in total. The van der Waals surface area contributed by atoms with E-state index in [1.807, 2.05) is 0 Å². The van der Waals surface area contributed by atoms with Gasteiger partial charge in [-0.05, 0) is 32.4 Å². The first kappa shape index (κ1) is 11.0. The molecule has 0 aromatic carbocycles. The molecular formula is C10H17N3O. The van der Waals surface area contributed by atoms with Crippen molar-refractivity contribution in [1.82, 2.24) is 10.2 Å². The van der Waals surface area contributed by atoms with Gasteiger partial charge < -0.3 is 5.32 Å². The number of rotatable bonds is 4. The summed E-state index contributed by atoms with van der Waals surface area (Å²) >= 11 is 0. The third kappa shape index (κ3) is 3.00. The zero-order valence-corrected chi connectivity index (χ0v) is 8.62. The Kier molecular flexibility index (Phi) is 4.41. The predicted octanol–water partition coefficient (Wildman–Crippen LogP) is 0.501. The van der Waals surface area contributed by atoms with Crippen LogP contribution in [-0.4, -0.2) is 37.0 Å². The quantitative estimate of drug-likeness (QED) is 0.710. The summed E-state index contributed by atoms with van der Waals surface area (Å²) in [6.45, 7) is 1.87. The van der Waals surface area contributed by atoms with Crippen LogP contribution in [0.5, 0.6) is 0 Å². The third-order valence-corrected chi connectivity index (χ3v) is 2.64. The minimum absolute atomic E-state index is 0.0812. The Morgan fingerprint density at radius 1 is 1.71 bits per heavy atom. The molecule has 0 bridgehead atoms. The number of likely N-dealkylation sites (tertiary alicyclic amines) is 1. The lowest BCUT2D eigenvalue weighted by Crippen LogP contribution is -2.30. The highest BCUT2D eigenvalue weighted by atomic mass is 16.1. The molecule has 0 aliphatic carbocycles. The van der Waals surface area contributed by atoms with E-state index in [4.69, 9.17) is 5.26 Å². The molecule has 1 aliphatic rings. The van der Waals surface area contributed by atoms with Gasteiger partial charge in [-0.3, -0.25) is 9.69 Å². The molecule has 78 valence electrons.